The third-order valence-corrected chi connectivity index (χ3v) is 2.99. The van der Waals surface area contributed by atoms with Crippen molar-refractivity contribution in [2.45, 2.75) is 31.5 Å². The van der Waals surface area contributed by atoms with Gasteiger partial charge in [-0.1, -0.05) is 23.7 Å². The average Bonchev–Trinajstić information content (AvgIpc) is 2.84. The topological polar surface area (TPSA) is 20.2 Å². The van der Waals surface area contributed by atoms with Gasteiger partial charge in [-0.3, -0.25) is 0 Å². The van der Waals surface area contributed by atoms with Crippen LogP contribution in [-0.4, -0.2) is 5.11 Å². The molecule has 1 fully saturated rings. The van der Waals surface area contributed by atoms with Crippen LogP contribution in [0.5, 0.6) is 0 Å². The van der Waals surface area contributed by atoms with Gasteiger partial charge < -0.3 is 5.11 Å². The quantitative estimate of drug-likeness (QED) is 0.801. The average molecular weight is 215 g/mol. The molecule has 1 aromatic carbocycles. The van der Waals surface area contributed by atoms with Crippen molar-refractivity contribution < 1.29 is 9.50 Å². The van der Waals surface area contributed by atoms with Gasteiger partial charge in [-0.05, 0) is 31.4 Å². The van der Waals surface area contributed by atoms with E-state index in [1.807, 2.05) is 0 Å². The molecular formula is C11H12ClFO. The predicted molar refractivity (Wildman–Crippen MR) is 54.1 cm³/mol. The fourth-order valence-electron chi connectivity index (χ4n) is 1.54. The first-order valence-electron chi connectivity index (χ1n) is 4.69. The van der Waals surface area contributed by atoms with E-state index >= 15 is 0 Å². The van der Waals surface area contributed by atoms with Crippen LogP contribution in [0.15, 0.2) is 18.2 Å². The SMILES string of the molecule is CC(F)c1ccc(C2(O)CC2)c(Cl)c1. The van der Waals surface area contributed by atoms with Crippen LogP contribution in [0, 0.1) is 0 Å². The Labute approximate surface area is 87.5 Å². The highest BCUT2D eigenvalue weighted by atomic mass is 35.5. The molecule has 1 aliphatic carbocycles. The largest absolute Gasteiger partial charge is 0.385 e. The van der Waals surface area contributed by atoms with Crippen LogP contribution in [-0.2, 0) is 5.60 Å². The van der Waals surface area contributed by atoms with Crippen molar-refractivity contribution in [2.24, 2.45) is 0 Å². The molecule has 14 heavy (non-hydrogen) atoms. The molecule has 0 radical (unpaired) electrons. The Morgan fingerprint density at radius 3 is 2.57 bits per heavy atom. The Bertz CT molecular complexity index is 358. The number of benzene rings is 1. The third-order valence-electron chi connectivity index (χ3n) is 2.68. The zero-order valence-electron chi connectivity index (χ0n) is 7.93. The van der Waals surface area contributed by atoms with E-state index in [-0.39, 0.29) is 0 Å². The third kappa shape index (κ3) is 1.64. The van der Waals surface area contributed by atoms with E-state index in [0.29, 0.717) is 10.6 Å². The molecule has 0 spiro atoms. The molecule has 0 aliphatic heterocycles. The maximum atomic E-state index is 12.9. The molecule has 1 unspecified atom stereocenters. The van der Waals surface area contributed by atoms with Gasteiger partial charge in [0.15, 0.2) is 0 Å². The number of alkyl halides is 1. The van der Waals surface area contributed by atoms with Crippen molar-refractivity contribution in [3.05, 3.63) is 34.3 Å². The molecule has 0 amide bonds. The van der Waals surface area contributed by atoms with Gasteiger partial charge in [-0.15, -0.1) is 0 Å². The second-order valence-electron chi connectivity index (χ2n) is 3.89. The monoisotopic (exact) mass is 214 g/mol. The van der Waals surface area contributed by atoms with E-state index in [0.717, 1.165) is 18.4 Å². The Balaban J connectivity index is 2.37. The summed E-state index contributed by atoms with van der Waals surface area (Å²) in [7, 11) is 0. The highest BCUT2D eigenvalue weighted by Crippen LogP contribution is 2.48. The van der Waals surface area contributed by atoms with Gasteiger partial charge >= 0.3 is 0 Å². The number of hydrogen-bond acceptors (Lipinski definition) is 1. The van der Waals surface area contributed by atoms with Crippen LogP contribution in [0.3, 0.4) is 0 Å². The highest BCUT2D eigenvalue weighted by Gasteiger charge is 2.43. The van der Waals surface area contributed by atoms with Crippen LogP contribution in [0.1, 0.15) is 37.1 Å². The lowest BCUT2D eigenvalue weighted by atomic mass is 10.0. The van der Waals surface area contributed by atoms with E-state index in [1.165, 1.54) is 6.92 Å². The normalized spacial score (nSPS) is 20.6. The van der Waals surface area contributed by atoms with Crippen molar-refractivity contribution in [2.75, 3.05) is 0 Å². The first kappa shape index (κ1) is 9.94. The van der Waals surface area contributed by atoms with Gasteiger partial charge in [-0.2, -0.15) is 0 Å². The summed E-state index contributed by atoms with van der Waals surface area (Å²) in [6.45, 7) is 1.47. The van der Waals surface area contributed by atoms with Gasteiger partial charge in [0.05, 0.1) is 5.60 Å². The molecule has 1 atom stereocenters. The summed E-state index contributed by atoms with van der Waals surface area (Å²) in [6.07, 6.45) is 0.476. The first-order valence-corrected chi connectivity index (χ1v) is 5.07. The minimum atomic E-state index is -1.02. The van der Waals surface area contributed by atoms with Crippen molar-refractivity contribution >= 4 is 11.6 Å². The molecule has 1 N–H and O–H groups in total. The molecule has 0 heterocycles. The number of aliphatic hydroxyl groups is 1. The summed E-state index contributed by atoms with van der Waals surface area (Å²) in [5.41, 5.74) is 0.543. The van der Waals surface area contributed by atoms with E-state index in [4.69, 9.17) is 11.6 Å². The lowest BCUT2D eigenvalue weighted by molar-refractivity contribution is 0.151. The summed E-state index contributed by atoms with van der Waals surface area (Å²) in [6, 6.07) is 5.00. The van der Waals surface area contributed by atoms with Crippen LogP contribution < -0.4 is 0 Å². The molecule has 1 nitrogen and oxygen atoms in total. The standard InChI is InChI=1S/C11H12ClFO/c1-7(13)8-2-3-9(10(12)6-8)11(14)4-5-11/h2-3,6-7,14H,4-5H2,1H3. The molecule has 1 aliphatic rings. The van der Waals surface area contributed by atoms with Gasteiger partial charge in [-0.25, -0.2) is 4.39 Å². The fraction of sp³-hybridized carbons (Fsp3) is 0.455. The fourth-order valence-corrected chi connectivity index (χ4v) is 1.91. The van der Waals surface area contributed by atoms with E-state index < -0.39 is 11.8 Å². The summed E-state index contributed by atoms with van der Waals surface area (Å²) in [5.74, 6) is 0. The maximum Gasteiger partial charge on any atom is 0.122 e. The maximum absolute atomic E-state index is 12.9. The second kappa shape index (κ2) is 3.21. The molecular weight excluding hydrogens is 203 g/mol. The second-order valence-corrected chi connectivity index (χ2v) is 4.29. The molecule has 1 aromatic rings. The summed E-state index contributed by atoms with van der Waals surface area (Å²) in [5, 5.41) is 10.3. The molecule has 2 rings (SSSR count). The smallest absolute Gasteiger partial charge is 0.122 e. The Morgan fingerprint density at radius 2 is 2.14 bits per heavy atom. The van der Waals surface area contributed by atoms with Crippen molar-refractivity contribution in [3.8, 4) is 0 Å². The van der Waals surface area contributed by atoms with E-state index in [9.17, 15) is 9.50 Å². The van der Waals surface area contributed by atoms with Gasteiger partial charge in [0.25, 0.3) is 0 Å². The van der Waals surface area contributed by atoms with Gasteiger partial charge in [0.1, 0.15) is 6.17 Å². The van der Waals surface area contributed by atoms with Crippen molar-refractivity contribution in [3.63, 3.8) is 0 Å². The van der Waals surface area contributed by atoms with Gasteiger partial charge in [0.2, 0.25) is 0 Å². The van der Waals surface area contributed by atoms with E-state index in [2.05, 4.69) is 0 Å². The molecule has 3 heteroatoms. The Hall–Kier alpha value is -0.600. The minimum Gasteiger partial charge on any atom is -0.385 e. The predicted octanol–water partition coefficient (Wildman–Crippen LogP) is 3.35. The minimum absolute atomic E-state index is 0.465. The zero-order valence-corrected chi connectivity index (χ0v) is 8.68. The first-order chi connectivity index (χ1) is 6.53. The Morgan fingerprint density at radius 1 is 1.50 bits per heavy atom. The van der Waals surface area contributed by atoms with Crippen LogP contribution in [0.4, 0.5) is 4.39 Å². The molecule has 76 valence electrons. The van der Waals surface area contributed by atoms with Crippen molar-refractivity contribution in [1.82, 2.24) is 0 Å². The number of rotatable bonds is 2. The van der Waals surface area contributed by atoms with Gasteiger partial charge in [0, 0.05) is 10.6 Å². The summed E-state index contributed by atoms with van der Waals surface area (Å²) >= 11 is 5.97. The zero-order chi connectivity index (χ0) is 10.3. The Kier molecular flexibility index (Phi) is 2.28. The highest BCUT2D eigenvalue weighted by molar-refractivity contribution is 6.31. The molecule has 1 saturated carbocycles. The number of hydrogen-bond donors (Lipinski definition) is 1. The lowest BCUT2D eigenvalue weighted by Gasteiger charge is -2.12. The van der Waals surface area contributed by atoms with E-state index in [1.54, 1.807) is 18.2 Å². The number of halogens is 2. The lowest BCUT2D eigenvalue weighted by Crippen LogP contribution is -2.05. The van der Waals surface area contributed by atoms with Crippen molar-refractivity contribution in [1.29, 1.82) is 0 Å². The summed E-state index contributed by atoms with van der Waals surface area (Å²) < 4.78 is 12.9. The molecule has 0 bridgehead atoms. The van der Waals surface area contributed by atoms with Crippen LogP contribution in [0.25, 0.3) is 0 Å². The molecule has 0 aromatic heterocycles. The van der Waals surface area contributed by atoms with Crippen LogP contribution >= 0.6 is 11.6 Å². The van der Waals surface area contributed by atoms with Crippen LogP contribution in [0.2, 0.25) is 5.02 Å². The molecule has 0 saturated heterocycles. The summed E-state index contributed by atoms with van der Waals surface area (Å²) in [4.78, 5) is 0.